The lowest BCUT2D eigenvalue weighted by atomic mass is 10.1. The molecule has 0 fully saturated rings. The number of aromatic nitrogens is 1. The van der Waals surface area contributed by atoms with Crippen molar-refractivity contribution in [2.75, 3.05) is 11.9 Å². The van der Waals surface area contributed by atoms with E-state index in [2.05, 4.69) is 11.1 Å². The summed E-state index contributed by atoms with van der Waals surface area (Å²) in [6.07, 6.45) is 0. The summed E-state index contributed by atoms with van der Waals surface area (Å²) in [5.74, 6) is 0.860. The summed E-state index contributed by atoms with van der Waals surface area (Å²) < 4.78 is 0. The van der Waals surface area contributed by atoms with Crippen LogP contribution in [-0.4, -0.2) is 17.1 Å². The molecule has 1 heterocycles. The van der Waals surface area contributed by atoms with Crippen molar-refractivity contribution >= 4 is 22.3 Å². The molecule has 0 aliphatic carbocycles. The van der Waals surface area contributed by atoms with Crippen LogP contribution in [-0.2, 0) is 6.61 Å². The first-order valence-electron chi connectivity index (χ1n) is 6.58. The van der Waals surface area contributed by atoms with E-state index in [0.29, 0.717) is 5.69 Å². The summed E-state index contributed by atoms with van der Waals surface area (Å²) in [6, 6.07) is 20.1. The minimum Gasteiger partial charge on any atom is -0.390 e. The summed E-state index contributed by atoms with van der Waals surface area (Å²) in [4.78, 5) is 6.61. The largest absolute Gasteiger partial charge is 0.390 e. The molecule has 0 amide bonds. The maximum absolute atomic E-state index is 9.39. The lowest BCUT2D eigenvalue weighted by Crippen LogP contribution is -2.12. The highest BCUT2D eigenvalue weighted by Crippen LogP contribution is 2.29. The molecule has 0 aliphatic rings. The fourth-order valence-electron chi connectivity index (χ4n) is 2.35. The zero-order valence-electron chi connectivity index (χ0n) is 11.3. The Morgan fingerprint density at radius 3 is 2.45 bits per heavy atom. The van der Waals surface area contributed by atoms with Gasteiger partial charge in [-0.1, -0.05) is 42.5 Å². The molecule has 1 N–H and O–H groups in total. The number of nitrogens with zero attached hydrogens (tertiary/aromatic N) is 2. The van der Waals surface area contributed by atoms with E-state index in [0.717, 1.165) is 22.3 Å². The van der Waals surface area contributed by atoms with Crippen LogP contribution in [0.5, 0.6) is 0 Å². The van der Waals surface area contributed by atoms with Crippen molar-refractivity contribution in [2.24, 2.45) is 0 Å². The van der Waals surface area contributed by atoms with Crippen molar-refractivity contribution in [3.63, 3.8) is 0 Å². The molecule has 0 saturated carbocycles. The van der Waals surface area contributed by atoms with Gasteiger partial charge in [-0.2, -0.15) is 0 Å². The minimum absolute atomic E-state index is 0.0551. The molecule has 3 rings (SSSR count). The lowest BCUT2D eigenvalue weighted by Gasteiger charge is -2.21. The first-order valence-corrected chi connectivity index (χ1v) is 6.58. The van der Waals surface area contributed by atoms with Gasteiger partial charge in [0.1, 0.15) is 5.82 Å². The van der Waals surface area contributed by atoms with Crippen molar-refractivity contribution in [2.45, 2.75) is 6.61 Å². The Balaban J connectivity index is 2.19. The highest BCUT2D eigenvalue weighted by atomic mass is 16.3. The van der Waals surface area contributed by atoms with Crippen LogP contribution >= 0.6 is 0 Å². The zero-order valence-corrected chi connectivity index (χ0v) is 11.3. The molecule has 0 saturated heterocycles. The second-order valence-electron chi connectivity index (χ2n) is 4.71. The summed E-state index contributed by atoms with van der Waals surface area (Å²) in [5.41, 5.74) is 1.75. The van der Waals surface area contributed by atoms with Gasteiger partial charge in [0.05, 0.1) is 12.3 Å². The maximum atomic E-state index is 9.39. The molecule has 100 valence electrons. The molecule has 0 unspecified atom stereocenters. The van der Waals surface area contributed by atoms with Crippen LogP contribution in [0.1, 0.15) is 5.69 Å². The van der Waals surface area contributed by atoms with Crippen molar-refractivity contribution in [3.05, 3.63) is 66.4 Å². The van der Waals surface area contributed by atoms with E-state index in [1.807, 2.05) is 66.5 Å². The van der Waals surface area contributed by atoms with Crippen LogP contribution in [0.3, 0.4) is 0 Å². The van der Waals surface area contributed by atoms with Gasteiger partial charge in [-0.05, 0) is 23.6 Å². The van der Waals surface area contributed by atoms with Crippen LogP contribution in [0.25, 0.3) is 10.8 Å². The quantitative estimate of drug-likeness (QED) is 0.786. The van der Waals surface area contributed by atoms with Gasteiger partial charge >= 0.3 is 0 Å². The lowest BCUT2D eigenvalue weighted by molar-refractivity contribution is 0.277. The maximum Gasteiger partial charge on any atom is 0.141 e. The Morgan fingerprint density at radius 2 is 1.70 bits per heavy atom. The molecule has 0 radical (unpaired) electrons. The van der Waals surface area contributed by atoms with E-state index in [1.54, 1.807) is 0 Å². The van der Waals surface area contributed by atoms with Crippen molar-refractivity contribution in [1.82, 2.24) is 4.98 Å². The third kappa shape index (κ3) is 2.24. The monoisotopic (exact) mass is 264 g/mol. The number of pyridine rings is 1. The molecular formula is C17H16N2O. The fraction of sp³-hybridized carbons (Fsp3) is 0.118. The summed E-state index contributed by atoms with van der Waals surface area (Å²) in [5, 5.41) is 11.6. The standard InChI is InChI=1S/C17H16N2O/c1-19(15-8-3-2-4-9-15)17-16-10-6-5-7-13(16)11-14(12-20)18-17/h2-11,20H,12H2,1H3. The number of para-hydroxylation sites is 1. The van der Waals surface area contributed by atoms with Gasteiger partial charge in [-0.25, -0.2) is 4.98 Å². The topological polar surface area (TPSA) is 36.4 Å². The Kier molecular flexibility index (Phi) is 3.35. The molecule has 2 aromatic carbocycles. The predicted octanol–water partition coefficient (Wildman–Crippen LogP) is 3.50. The van der Waals surface area contributed by atoms with Crippen molar-refractivity contribution in [1.29, 1.82) is 0 Å². The Hall–Kier alpha value is -2.39. The molecule has 0 aliphatic heterocycles. The number of hydrogen-bond acceptors (Lipinski definition) is 3. The Morgan fingerprint density at radius 1 is 1.00 bits per heavy atom. The first-order chi connectivity index (χ1) is 9.79. The van der Waals surface area contributed by atoms with E-state index >= 15 is 0 Å². The van der Waals surface area contributed by atoms with Gasteiger partial charge in [-0.15, -0.1) is 0 Å². The molecule has 3 nitrogen and oxygen atoms in total. The molecular weight excluding hydrogens is 248 g/mol. The van der Waals surface area contributed by atoms with E-state index in [-0.39, 0.29) is 6.61 Å². The second kappa shape index (κ2) is 5.31. The van der Waals surface area contributed by atoms with E-state index in [1.165, 1.54) is 0 Å². The number of benzene rings is 2. The fourth-order valence-corrected chi connectivity index (χ4v) is 2.35. The Bertz CT molecular complexity index is 725. The van der Waals surface area contributed by atoms with Crippen LogP contribution in [0.2, 0.25) is 0 Å². The van der Waals surface area contributed by atoms with Crippen molar-refractivity contribution in [3.8, 4) is 0 Å². The van der Waals surface area contributed by atoms with Crippen LogP contribution < -0.4 is 4.90 Å². The normalized spacial score (nSPS) is 10.7. The number of anilines is 2. The zero-order chi connectivity index (χ0) is 13.9. The van der Waals surface area contributed by atoms with Crippen LogP contribution in [0.15, 0.2) is 60.7 Å². The second-order valence-corrected chi connectivity index (χ2v) is 4.71. The van der Waals surface area contributed by atoms with Gasteiger partial charge in [0, 0.05) is 18.1 Å². The number of aliphatic hydroxyl groups excluding tert-OH is 1. The number of aliphatic hydroxyl groups is 1. The smallest absolute Gasteiger partial charge is 0.141 e. The average molecular weight is 264 g/mol. The van der Waals surface area contributed by atoms with Gasteiger partial charge in [-0.3, -0.25) is 0 Å². The predicted molar refractivity (Wildman–Crippen MR) is 82.2 cm³/mol. The van der Waals surface area contributed by atoms with Gasteiger partial charge in [0.15, 0.2) is 0 Å². The first kappa shape index (κ1) is 12.6. The molecule has 1 aromatic heterocycles. The van der Waals surface area contributed by atoms with E-state index in [9.17, 15) is 5.11 Å². The van der Waals surface area contributed by atoms with Gasteiger partial charge in [0.2, 0.25) is 0 Å². The van der Waals surface area contributed by atoms with Crippen LogP contribution in [0, 0.1) is 0 Å². The molecule has 3 aromatic rings. The Labute approximate surface area is 118 Å². The minimum atomic E-state index is -0.0551. The third-order valence-electron chi connectivity index (χ3n) is 3.40. The molecule has 0 atom stereocenters. The molecule has 3 heteroatoms. The number of fused-ring (bicyclic) bond motifs is 1. The number of rotatable bonds is 3. The van der Waals surface area contributed by atoms with E-state index < -0.39 is 0 Å². The van der Waals surface area contributed by atoms with E-state index in [4.69, 9.17) is 0 Å². The SMILES string of the molecule is CN(c1ccccc1)c1nc(CO)cc2ccccc12. The summed E-state index contributed by atoms with van der Waals surface area (Å²) in [6.45, 7) is -0.0551. The highest BCUT2D eigenvalue weighted by molar-refractivity contribution is 5.94. The molecule has 20 heavy (non-hydrogen) atoms. The van der Waals surface area contributed by atoms with Crippen molar-refractivity contribution < 1.29 is 5.11 Å². The van der Waals surface area contributed by atoms with Gasteiger partial charge in [0.25, 0.3) is 0 Å². The summed E-state index contributed by atoms with van der Waals surface area (Å²) >= 11 is 0. The summed E-state index contributed by atoms with van der Waals surface area (Å²) in [7, 11) is 1.99. The average Bonchev–Trinajstić information content (AvgIpc) is 2.54. The van der Waals surface area contributed by atoms with Gasteiger partial charge < -0.3 is 10.0 Å². The highest BCUT2D eigenvalue weighted by Gasteiger charge is 2.11. The number of hydrogen-bond donors (Lipinski definition) is 1. The molecule has 0 spiro atoms. The molecule has 0 bridgehead atoms. The van der Waals surface area contributed by atoms with Crippen LogP contribution in [0.4, 0.5) is 11.5 Å². The third-order valence-corrected chi connectivity index (χ3v) is 3.40.